The Morgan fingerprint density at radius 1 is 0.958 bits per heavy atom. The predicted molar refractivity (Wildman–Crippen MR) is 94.5 cm³/mol. The Balaban J connectivity index is 1.37. The average Bonchev–Trinajstić information content (AvgIpc) is 2.66. The van der Waals surface area contributed by atoms with Crippen LogP contribution in [-0.4, -0.2) is 30.1 Å². The second kappa shape index (κ2) is 8.50. The highest BCUT2D eigenvalue weighted by Gasteiger charge is 2.23. The monoisotopic (exact) mass is 324 g/mol. The molecule has 0 radical (unpaired) electrons. The number of rotatable bonds is 5. The fraction of sp³-hybridized carbons (Fsp3) is 0.350. The first-order valence-corrected chi connectivity index (χ1v) is 8.53. The van der Waals surface area contributed by atoms with Crippen molar-refractivity contribution in [2.24, 2.45) is 0 Å². The summed E-state index contributed by atoms with van der Waals surface area (Å²) in [6.45, 7) is 2.72. The molecule has 0 saturated carbocycles. The maximum absolute atomic E-state index is 12.2. The Kier molecular flexibility index (Phi) is 5.85. The number of nitrogens with one attached hydrogen (secondary N) is 1. The second-order valence-electron chi connectivity index (χ2n) is 6.13. The zero-order valence-electron chi connectivity index (χ0n) is 13.9. The molecule has 126 valence electrons. The molecule has 1 fully saturated rings. The van der Waals surface area contributed by atoms with Crippen LogP contribution in [0.4, 0.5) is 4.79 Å². The summed E-state index contributed by atoms with van der Waals surface area (Å²) in [4.78, 5) is 14.1. The van der Waals surface area contributed by atoms with Gasteiger partial charge in [-0.1, -0.05) is 60.7 Å². The van der Waals surface area contributed by atoms with Crippen molar-refractivity contribution in [1.29, 1.82) is 0 Å². The molecule has 0 aromatic heterocycles. The Labute approximate surface area is 143 Å². The van der Waals surface area contributed by atoms with Crippen molar-refractivity contribution in [3.63, 3.8) is 0 Å². The van der Waals surface area contributed by atoms with Crippen molar-refractivity contribution in [3.05, 3.63) is 71.8 Å². The first-order valence-electron chi connectivity index (χ1n) is 8.53. The maximum Gasteiger partial charge on any atom is 0.317 e. The molecule has 2 amide bonds. The molecule has 4 nitrogen and oxygen atoms in total. The number of hydrogen-bond acceptors (Lipinski definition) is 2. The number of amides is 2. The smallest absolute Gasteiger partial charge is 0.317 e. The fourth-order valence-corrected chi connectivity index (χ4v) is 2.90. The minimum Gasteiger partial charge on any atom is -0.373 e. The molecule has 4 heteroatoms. The van der Waals surface area contributed by atoms with Gasteiger partial charge in [-0.05, 0) is 24.0 Å². The highest BCUT2D eigenvalue weighted by molar-refractivity contribution is 5.74. The third-order valence-corrected chi connectivity index (χ3v) is 4.34. The summed E-state index contributed by atoms with van der Waals surface area (Å²) < 4.78 is 5.97. The molecular weight excluding hydrogens is 300 g/mol. The summed E-state index contributed by atoms with van der Waals surface area (Å²) in [6, 6.07) is 20.2. The third-order valence-electron chi connectivity index (χ3n) is 4.34. The molecule has 3 rings (SSSR count). The number of carbonyl (C=O) groups is 1. The topological polar surface area (TPSA) is 41.6 Å². The Morgan fingerprint density at radius 2 is 1.54 bits per heavy atom. The van der Waals surface area contributed by atoms with Crippen molar-refractivity contribution >= 4 is 6.03 Å². The van der Waals surface area contributed by atoms with E-state index in [1.807, 2.05) is 53.4 Å². The zero-order chi connectivity index (χ0) is 16.6. The van der Waals surface area contributed by atoms with Crippen LogP contribution in [0.2, 0.25) is 0 Å². The van der Waals surface area contributed by atoms with Crippen molar-refractivity contribution in [3.8, 4) is 0 Å². The van der Waals surface area contributed by atoms with E-state index < -0.39 is 0 Å². The normalized spacial score (nSPS) is 15.2. The molecule has 1 heterocycles. The van der Waals surface area contributed by atoms with E-state index >= 15 is 0 Å². The van der Waals surface area contributed by atoms with Gasteiger partial charge in [0.2, 0.25) is 0 Å². The van der Waals surface area contributed by atoms with Gasteiger partial charge in [-0.15, -0.1) is 0 Å². The average molecular weight is 324 g/mol. The number of benzene rings is 2. The number of piperidine rings is 1. The molecule has 1 aliphatic rings. The summed E-state index contributed by atoms with van der Waals surface area (Å²) in [7, 11) is 0. The van der Waals surface area contributed by atoms with E-state index in [1.54, 1.807) is 0 Å². The zero-order valence-corrected chi connectivity index (χ0v) is 13.9. The van der Waals surface area contributed by atoms with Gasteiger partial charge in [0.1, 0.15) is 0 Å². The molecule has 1 saturated heterocycles. The summed E-state index contributed by atoms with van der Waals surface area (Å²) in [5, 5.41) is 2.99. The number of hydrogen-bond donors (Lipinski definition) is 1. The van der Waals surface area contributed by atoms with Gasteiger partial charge in [-0.25, -0.2) is 4.79 Å². The van der Waals surface area contributed by atoms with E-state index in [2.05, 4.69) is 17.4 Å². The first kappa shape index (κ1) is 16.5. The largest absolute Gasteiger partial charge is 0.373 e. The van der Waals surface area contributed by atoms with Gasteiger partial charge >= 0.3 is 6.03 Å². The van der Waals surface area contributed by atoms with Gasteiger partial charge in [0.05, 0.1) is 12.7 Å². The van der Waals surface area contributed by atoms with E-state index in [1.165, 1.54) is 5.56 Å². The molecule has 0 atom stereocenters. The Hall–Kier alpha value is -2.33. The molecular formula is C20H24N2O2. The number of nitrogens with zero attached hydrogens (tertiary/aromatic N) is 1. The molecule has 1 N–H and O–H groups in total. The third kappa shape index (κ3) is 4.83. The summed E-state index contributed by atoms with van der Waals surface area (Å²) in [5.41, 5.74) is 2.31. The lowest BCUT2D eigenvalue weighted by molar-refractivity contribution is 0.00444. The van der Waals surface area contributed by atoms with E-state index in [4.69, 9.17) is 4.74 Å². The summed E-state index contributed by atoms with van der Waals surface area (Å²) in [5.74, 6) is 0. The second-order valence-corrected chi connectivity index (χ2v) is 6.13. The fourth-order valence-electron chi connectivity index (χ4n) is 2.90. The summed E-state index contributed by atoms with van der Waals surface area (Å²) in [6.07, 6.45) is 2.03. The number of ether oxygens (including phenoxy) is 1. The van der Waals surface area contributed by atoms with E-state index in [0.29, 0.717) is 13.2 Å². The van der Waals surface area contributed by atoms with Crippen molar-refractivity contribution in [2.45, 2.75) is 32.1 Å². The predicted octanol–water partition coefficient (Wildman–Crippen LogP) is 3.58. The van der Waals surface area contributed by atoms with Crippen molar-refractivity contribution in [1.82, 2.24) is 10.2 Å². The van der Waals surface area contributed by atoms with Crippen molar-refractivity contribution in [2.75, 3.05) is 13.1 Å². The van der Waals surface area contributed by atoms with Crippen LogP contribution in [0.5, 0.6) is 0 Å². The van der Waals surface area contributed by atoms with Crippen LogP contribution in [0.1, 0.15) is 24.0 Å². The molecule has 2 aromatic rings. The highest BCUT2D eigenvalue weighted by atomic mass is 16.5. The standard InChI is InChI=1S/C20H24N2O2/c23-20(21-15-17-7-3-1-4-8-17)22-13-11-19(12-14-22)24-16-18-9-5-2-6-10-18/h1-10,19H,11-16H2,(H,21,23). The highest BCUT2D eigenvalue weighted by Crippen LogP contribution is 2.16. The molecule has 2 aromatic carbocycles. The van der Waals surface area contributed by atoms with Gasteiger partial charge < -0.3 is 15.0 Å². The number of urea groups is 1. The molecule has 24 heavy (non-hydrogen) atoms. The van der Waals surface area contributed by atoms with Gasteiger partial charge in [0.25, 0.3) is 0 Å². The van der Waals surface area contributed by atoms with Gasteiger partial charge in [-0.2, -0.15) is 0 Å². The lowest BCUT2D eigenvalue weighted by atomic mass is 10.1. The van der Waals surface area contributed by atoms with Crippen LogP contribution in [0.25, 0.3) is 0 Å². The SMILES string of the molecule is O=C(NCc1ccccc1)N1CCC(OCc2ccccc2)CC1. The number of carbonyl (C=O) groups excluding carboxylic acids is 1. The van der Waals surface area contributed by atoms with Gasteiger partial charge in [0, 0.05) is 19.6 Å². The maximum atomic E-state index is 12.2. The van der Waals surface area contributed by atoms with Gasteiger partial charge in [0.15, 0.2) is 0 Å². The lowest BCUT2D eigenvalue weighted by Crippen LogP contribution is -2.45. The van der Waals surface area contributed by atoms with Crippen LogP contribution in [-0.2, 0) is 17.9 Å². The number of likely N-dealkylation sites (tertiary alicyclic amines) is 1. The van der Waals surface area contributed by atoms with Crippen molar-refractivity contribution < 1.29 is 9.53 Å². The van der Waals surface area contributed by atoms with Crippen LogP contribution < -0.4 is 5.32 Å². The van der Waals surface area contributed by atoms with Crippen LogP contribution in [0.3, 0.4) is 0 Å². The molecule has 0 spiro atoms. The Bertz CT molecular complexity index is 623. The van der Waals surface area contributed by atoms with E-state index in [0.717, 1.165) is 31.5 Å². The van der Waals surface area contributed by atoms with Gasteiger partial charge in [-0.3, -0.25) is 0 Å². The minimum atomic E-state index is 0.0142. The van der Waals surface area contributed by atoms with E-state index in [-0.39, 0.29) is 12.1 Å². The lowest BCUT2D eigenvalue weighted by Gasteiger charge is -2.32. The van der Waals surface area contributed by atoms with Crippen LogP contribution in [0.15, 0.2) is 60.7 Å². The quantitative estimate of drug-likeness (QED) is 0.913. The van der Waals surface area contributed by atoms with Crippen LogP contribution >= 0.6 is 0 Å². The molecule has 0 bridgehead atoms. The van der Waals surface area contributed by atoms with E-state index in [9.17, 15) is 4.79 Å². The van der Waals surface area contributed by atoms with Crippen LogP contribution in [0, 0.1) is 0 Å². The Morgan fingerprint density at radius 3 is 2.17 bits per heavy atom. The molecule has 0 aliphatic carbocycles. The molecule has 1 aliphatic heterocycles. The summed E-state index contributed by atoms with van der Waals surface area (Å²) >= 11 is 0. The molecule has 0 unspecified atom stereocenters. The first-order chi connectivity index (χ1) is 11.8. The minimum absolute atomic E-state index is 0.0142.